The molecule has 0 aromatic carbocycles. The number of unbranched alkanes of at least 4 members (excludes halogenated alkanes) is 1. The van der Waals surface area contributed by atoms with Crippen molar-refractivity contribution >= 4 is 5.97 Å². The summed E-state index contributed by atoms with van der Waals surface area (Å²) in [5.74, 6) is 1.53. The first-order valence-corrected chi connectivity index (χ1v) is 11.2. The van der Waals surface area contributed by atoms with Crippen molar-refractivity contribution in [3.8, 4) is 0 Å². The fourth-order valence-corrected chi connectivity index (χ4v) is 4.45. The van der Waals surface area contributed by atoms with Crippen LogP contribution in [0.2, 0.25) is 0 Å². The first kappa shape index (κ1) is 24.7. The van der Waals surface area contributed by atoms with Crippen molar-refractivity contribution in [2.75, 3.05) is 0 Å². The summed E-state index contributed by atoms with van der Waals surface area (Å²) < 4.78 is 0. The van der Waals surface area contributed by atoms with E-state index in [4.69, 9.17) is 5.11 Å². The molecule has 0 amide bonds. The van der Waals surface area contributed by atoms with Gasteiger partial charge in [-0.3, -0.25) is 4.79 Å². The number of aliphatic carboxylic acids is 1. The van der Waals surface area contributed by atoms with E-state index in [0.717, 1.165) is 25.7 Å². The summed E-state index contributed by atoms with van der Waals surface area (Å²) in [6.45, 7) is 8.90. The van der Waals surface area contributed by atoms with Crippen LogP contribution in [0.15, 0.2) is 36.0 Å². The Morgan fingerprint density at radius 1 is 1.18 bits per heavy atom. The van der Waals surface area contributed by atoms with Crippen LogP contribution in [0.1, 0.15) is 85.5 Å². The van der Waals surface area contributed by atoms with Crippen molar-refractivity contribution in [2.24, 2.45) is 23.7 Å². The molecule has 1 aliphatic rings. The minimum atomic E-state index is -0.727. The topological polar surface area (TPSA) is 57.5 Å². The Kier molecular flexibility index (Phi) is 12.1. The molecule has 0 aromatic rings. The molecule has 5 atom stereocenters. The smallest absolute Gasteiger partial charge is 0.303 e. The molecule has 1 rings (SSSR count). The van der Waals surface area contributed by atoms with Gasteiger partial charge in [-0.1, -0.05) is 56.2 Å². The summed E-state index contributed by atoms with van der Waals surface area (Å²) in [7, 11) is 0. The van der Waals surface area contributed by atoms with Crippen LogP contribution in [0.3, 0.4) is 0 Å². The predicted molar refractivity (Wildman–Crippen MR) is 118 cm³/mol. The first-order valence-electron chi connectivity index (χ1n) is 11.2. The van der Waals surface area contributed by atoms with Crippen LogP contribution in [0.4, 0.5) is 0 Å². The fraction of sp³-hybridized carbons (Fsp3) is 0.720. The Hall–Kier alpha value is -1.35. The summed E-state index contributed by atoms with van der Waals surface area (Å²) >= 11 is 0. The molecule has 160 valence electrons. The number of aliphatic hydroxyl groups is 1. The zero-order chi connectivity index (χ0) is 20.9. The van der Waals surface area contributed by atoms with Crippen molar-refractivity contribution < 1.29 is 15.0 Å². The van der Waals surface area contributed by atoms with E-state index in [1.54, 1.807) is 0 Å². The van der Waals surface area contributed by atoms with Gasteiger partial charge in [0.05, 0.1) is 6.10 Å². The van der Waals surface area contributed by atoms with Gasteiger partial charge in [0.25, 0.3) is 0 Å². The van der Waals surface area contributed by atoms with Crippen molar-refractivity contribution in [2.45, 2.75) is 91.6 Å². The molecule has 5 unspecified atom stereocenters. The van der Waals surface area contributed by atoms with E-state index in [9.17, 15) is 9.90 Å². The molecule has 28 heavy (non-hydrogen) atoms. The Bertz CT molecular complexity index is 532. The third-order valence-electron chi connectivity index (χ3n) is 6.32. The largest absolute Gasteiger partial charge is 0.481 e. The first-order chi connectivity index (χ1) is 13.3. The van der Waals surface area contributed by atoms with Gasteiger partial charge in [0.15, 0.2) is 0 Å². The minimum absolute atomic E-state index is 0.190. The van der Waals surface area contributed by atoms with E-state index in [0.29, 0.717) is 30.1 Å². The Morgan fingerprint density at radius 2 is 1.93 bits per heavy atom. The van der Waals surface area contributed by atoms with Crippen LogP contribution in [-0.4, -0.2) is 22.3 Å². The molecule has 3 nitrogen and oxygen atoms in total. The monoisotopic (exact) mass is 390 g/mol. The fourth-order valence-electron chi connectivity index (χ4n) is 4.45. The quantitative estimate of drug-likeness (QED) is 0.213. The van der Waals surface area contributed by atoms with E-state index < -0.39 is 5.97 Å². The van der Waals surface area contributed by atoms with Crippen LogP contribution < -0.4 is 0 Å². The van der Waals surface area contributed by atoms with Crippen molar-refractivity contribution in [1.82, 2.24) is 0 Å². The van der Waals surface area contributed by atoms with E-state index >= 15 is 0 Å². The highest BCUT2D eigenvalue weighted by Crippen LogP contribution is 2.42. The molecular formula is C25H42O3. The molecule has 0 aromatic heterocycles. The van der Waals surface area contributed by atoms with E-state index in [1.807, 2.05) is 6.92 Å². The molecular weight excluding hydrogens is 348 g/mol. The Labute approximate surface area is 172 Å². The van der Waals surface area contributed by atoms with Crippen LogP contribution >= 0.6 is 0 Å². The lowest BCUT2D eigenvalue weighted by atomic mass is 9.81. The summed E-state index contributed by atoms with van der Waals surface area (Å²) in [6.07, 6.45) is 18.9. The zero-order valence-corrected chi connectivity index (χ0v) is 18.4. The van der Waals surface area contributed by atoms with Gasteiger partial charge in [0.1, 0.15) is 0 Å². The Morgan fingerprint density at radius 3 is 2.61 bits per heavy atom. The van der Waals surface area contributed by atoms with E-state index in [2.05, 4.69) is 51.2 Å². The van der Waals surface area contributed by atoms with Gasteiger partial charge in [0, 0.05) is 6.42 Å². The SMILES string of the molecule is CC=CC=C(C)CCC(C)CCC1C(C)CC(O)C1CC=CCCCC(=O)O. The second-order valence-electron chi connectivity index (χ2n) is 8.86. The standard InChI is InChI=1S/C25H42O3/c1-5-6-11-19(2)14-15-20(3)16-17-22-21(4)18-24(26)23(22)12-9-7-8-10-13-25(27)28/h5-7,9,11,20-24,26H,8,10,12-18H2,1-4H3,(H,27,28). The second-order valence-corrected chi connectivity index (χ2v) is 8.86. The maximum absolute atomic E-state index is 10.6. The third-order valence-corrected chi connectivity index (χ3v) is 6.32. The molecule has 0 aliphatic heterocycles. The average molecular weight is 391 g/mol. The zero-order valence-electron chi connectivity index (χ0n) is 18.4. The summed E-state index contributed by atoms with van der Waals surface area (Å²) in [5, 5.41) is 19.2. The van der Waals surface area contributed by atoms with Gasteiger partial charge >= 0.3 is 5.97 Å². The van der Waals surface area contributed by atoms with Crippen LogP contribution in [-0.2, 0) is 4.79 Å². The van der Waals surface area contributed by atoms with E-state index in [-0.39, 0.29) is 12.5 Å². The lowest BCUT2D eigenvalue weighted by molar-refractivity contribution is -0.137. The third kappa shape index (κ3) is 9.73. The molecule has 3 heteroatoms. The van der Waals surface area contributed by atoms with Crippen LogP contribution in [0.5, 0.6) is 0 Å². The molecule has 1 fully saturated rings. The molecule has 1 saturated carbocycles. The van der Waals surface area contributed by atoms with E-state index in [1.165, 1.54) is 24.8 Å². The van der Waals surface area contributed by atoms with Gasteiger partial charge < -0.3 is 10.2 Å². The lowest BCUT2D eigenvalue weighted by Gasteiger charge is -2.24. The highest BCUT2D eigenvalue weighted by Gasteiger charge is 2.38. The number of carboxylic acids is 1. The predicted octanol–water partition coefficient (Wildman–Crippen LogP) is 6.54. The van der Waals surface area contributed by atoms with Crippen LogP contribution in [0, 0.1) is 23.7 Å². The Balaban J connectivity index is 2.41. The van der Waals surface area contributed by atoms with Crippen molar-refractivity contribution in [1.29, 1.82) is 0 Å². The summed E-state index contributed by atoms with van der Waals surface area (Å²) in [5.41, 5.74) is 1.44. The number of carboxylic acid groups (broad SMARTS) is 1. The van der Waals surface area contributed by atoms with Crippen molar-refractivity contribution in [3.63, 3.8) is 0 Å². The maximum Gasteiger partial charge on any atom is 0.303 e. The second kappa shape index (κ2) is 13.8. The van der Waals surface area contributed by atoms with Crippen LogP contribution in [0.25, 0.3) is 0 Å². The summed E-state index contributed by atoms with van der Waals surface area (Å²) in [6, 6.07) is 0. The number of aliphatic hydroxyl groups excluding tert-OH is 1. The molecule has 0 bridgehead atoms. The number of hydrogen-bond acceptors (Lipinski definition) is 2. The highest BCUT2D eigenvalue weighted by molar-refractivity contribution is 5.66. The molecule has 0 radical (unpaired) electrons. The maximum atomic E-state index is 10.6. The van der Waals surface area contributed by atoms with Gasteiger partial charge in [0.2, 0.25) is 0 Å². The van der Waals surface area contributed by atoms with Gasteiger partial charge in [-0.05, 0) is 82.5 Å². The highest BCUT2D eigenvalue weighted by atomic mass is 16.4. The lowest BCUT2D eigenvalue weighted by Crippen LogP contribution is -2.20. The normalized spacial score (nSPS) is 27.1. The molecule has 0 heterocycles. The van der Waals surface area contributed by atoms with Gasteiger partial charge in [-0.25, -0.2) is 0 Å². The number of rotatable bonds is 13. The molecule has 0 saturated heterocycles. The number of hydrogen-bond donors (Lipinski definition) is 2. The average Bonchev–Trinajstić information content (AvgIpc) is 2.91. The minimum Gasteiger partial charge on any atom is -0.481 e. The van der Waals surface area contributed by atoms with Crippen molar-refractivity contribution in [3.05, 3.63) is 36.0 Å². The molecule has 1 aliphatic carbocycles. The van der Waals surface area contributed by atoms with Gasteiger partial charge in [-0.2, -0.15) is 0 Å². The summed E-state index contributed by atoms with van der Waals surface area (Å²) in [4.78, 5) is 10.6. The molecule has 2 N–H and O–H groups in total. The number of carbonyl (C=O) groups is 1. The number of allylic oxidation sites excluding steroid dienone is 6. The van der Waals surface area contributed by atoms with Gasteiger partial charge in [-0.15, -0.1) is 0 Å². The molecule has 0 spiro atoms.